The summed E-state index contributed by atoms with van der Waals surface area (Å²) < 4.78 is 5.12. The Balaban J connectivity index is 1.73. The maximum absolute atomic E-state index is 11.9. The summed E-state index contributed by atoms with van der Waals surface area (Å²) >= 11 is 5.79. The van der Waals surface area contributed by atoms with Crippen molar-refractivity contribution in [3.63, 3.8) is 0 Å². The number of methoxy groups -OCH3 is 1. The summed E-state index contributed by atoms with van der Waals surface area (Å²) in [5.41, 5.74) is 1.86. The minimum Gasteiger partial charge on any atom is -0.497 e. The van der Waals surface area contributed by atoms with Crippen molar-refractivity contribution in [2.45, 2.75) is 12.8 Å². The van der Waals surface area contributed by atoms with Crippen LogP contribution in [-0.4, -0.2) is 19.6 Å². The van der Waals surface area contributed by atoms with E-state index >= 15 is 0 Å². The van der Waals surface area contributed by atoms with Crippen molar-refractivity contribution < 1.29 is 9.53 Å². The Bertz CT molecular complexity index is 579. The van der Waals surface area contributed by atoms with Gasteiger partial charge in [-0.1, -0.05) is 23.7 Å². The van der Waals surface area contributed by atoms with Crippen LogP contribution in [0.2, 0.25) is 5.02 Å². The smallest absolute Gasteiger partial charge is 0.251 e. The Hall–Kier alpha value is -2.00. The molecule has 0 aliphatic carbocycles. The highest BCUT2D eigenvalue weighted by Gasteiger charge is 2.04. The summed E-state index contributed by atoms with van der Waals surface area (Å²) in [5, 5.41) is 3.54. The highest BCUT2D eigenvalue weighted by atomic mass is 35.5. The van der Waals surface area contributed by atoms with Crippen LogP contribution in [-0.2, 0) is 6.42 Å². The largest absolute Gasteiger partial charge is 0.497 e. The van der Waals surface area contributed by atoms with Gasteiger partial charge in [-0.05, 0) is 54.8 Å². The summed E-state index contributed by atoms with van der Waals surface area (Å²) in [6.07, 6.45) is 1.82. The van der Waals surface area contributed by atoms with Gasteiger partial charge < -0.3 is 10.1 Å². The molecule has 2 aromatic carbocycles. The van der Waals surface area contributed by atoms with Crippen molar-refractivity contribution in [3.05, 3.63) is 64.7 Å². The molecule has 0 saturated carbocycles. The molecule has 4 heteroatoms. The molecule has 0 spiro atoms. The van der Waals surface area contributed by atoms with Crippen molar-refractivity contribution in [2.24, 2.45) is 0 Å². The summed E-state index contributed by atoms with van der Waals surface area (Å²) in [6.45, 7) is 0.646. The highest BCUT2D eigenvalue weighted by molar-refractivity contribution is 6.30. The summed E-state index contributed by atoms with van der Waals surface area (Å²) in [4.78, 5) is 11.9. The number of rotatable bonds is 6. The second kappa shape index (κ2) is 7.70. The zero-order valence-electron chi connectivity index (χ0n) is 11.9. The summed E-state index contributed by atoms with van der Waals surface area (Å²) in [7, 11) is 1.65. The lowest BCUT2D eigenvalue weighted by molar-refractivity contribution is 0.0953. The fourth-order valence-electron chi connectivity index (χ4n) is 1.99. The van der Waals surface area contributed by atoms with Crippen LogP contribution in [0.25, 0.3) is 0 Å². The van der Waals surface area contributed by atoms with Gasteiger partial charge in [0.25, 0.3) is 5.91 Å². The van der Waals surface area contributed by atoms with E-state index < -0.39 is 0 Å². The van der Waals surface area contributed by atoms with Crippen LogP contribution in [0.4, 0.5) is 0 Å². The molecular weight excluding hydrogens is 286 g/mol. The number of hydrogen-bond acceptors (Lipinski definition) is 2. The van der Waals surface area contributed by atoms with E-state index in [-0.39, 0.29) is 5.91 Å². The van der Waals surface area contributed by atoms with Gasteiger partial charge in [0, 0.05) is 17.1 Å². The Kier molecular flexibility index (Phi) is 5.64. The van der Waals surface area contributed by atoms with E-state index in [9.17, 15) is 4.79 Å². The number of carbonyl (C=O) groups excluding carboxylic acids is 1. The lowest BCUT2D eigenvalue weighted by Crippen LogP contribution is -2.24. The molecule has 3 nitrogen and oxygen atoms in total. The van der Waals surface area contributed by atoms with E-state index in [1.807, 2.05) is 24.3 Å². The number of nitrogens with one attached hydrogen (secondary N) is 1. The number of hydrogen-bond donors (Lipinski definition) is 1. The number of ether oxygens (including phenoxy) is 1. The Morgan fingerprint density at radius 3 is 2.38 bits per heavy atom. The summed E-state index contributed by atoms with van der Waals surface area (Å²) in [5.74, 6) is 0.788. The predicted octanol–water partition coefficient (Wildman–Crippen LogP) is 3.71. The van der Waals surface area contributed by atoms with E-state index in [1.54, 1.807) is 31.4 Å². The zero-order valence-corrected chi connectivity index (χ0v) is 12.7. The first-order chi connectivity index (χ1) is 10.2. The number of halogens is 1. The lowest BCUT2D eigenvalue weighted by Gasteiger charge is -2.06. The van der Waals surface area contributed by atoms with Gasteiger partial charge in [0.1, 0.15) is 5.75 Å². The summed E-state index contributed by atoms with van der Waals surface area (Å²) in [6, 6.07) is 14.9. The van der Waals surface area contributed by atoms with Crippen molar-refractivity contribution in [1.82, 2.24) is 5.32 Å². The molecule has 0 aliphatic heterocycles. The molecule has 2 aromatic rings. The first-order valence-electron chi connectivity index (χ1n) is 6.86. The van der Waals surface area contributed by atoms with Gasteiger partial charge in [0.05, 0.1) is 7.11 Å². The van der Waals surface area contributed by atoms with Crippen LogP contribution in [0, 0.1) is 0 Å². The minimum absolute atomic E-state index is 0.0682. The molecule has 0 radical (unpaired) electrons. The molecule has 0 aliphatic rings. The van der Waals surface area contributed by atoms with Crippen LogP contribution < -0.4 is 10.1 Å². The number of aryl methyl sites for hydroxylation is 1. The fourth-order valence-corrected chi connectivity index (χ4v) is 2.12. The molecule has 0 fully saturated rings. The Morgan fingerprint density at radius 2 is 1.76 bits per heavy atom. The van der Waals surface area contributed by atoms with Gasteiger partial charge in [-0.25, -0.2) is 0 Å². The van der Waals surface area contributed by atoms with Gasteiger partial charge in [0.2, 0.25) is 0 Å². The SMILES string of the molecule is COc1ccc(CCCNC(=O)c2ccc(Cl)cc2)cc1. The van der Waals surface area contributed by atoms with Crippen molar-refractivity contribution in [2.75, 3.05) is 13.7 Å². The first-order valence-corrected chi connectivity index (χ1v) is 7.23. The van der Waals surface area contributed by atoms with Crippen molar-refractivity contribution in [1.29, 1.82) is 0 Å². The normalized spacial score (nSPS) is 10.2. The zero-order chi connectivity index (χ0) is 15.1. The van der Waals surface area contributed by atoms with Crippen LogP contribution in [0.5, 0.6) is 5.75 Å². The predicted molar refractivity (Wildman–Crippen MR) is 85.1 cm³/mol. The number of amides is 1. The number of benzene rings is 2. The lowest BCUT2D eigenvalue weighted by atomic mass is 10.1. The molecule has 110 valence electrons. The third kappa shape index (κ3) is 4.80. The highest BCUT2D eigenvalue weighted by Crippen LogP contribution is 2.12. The van der Waals surface area contributed by atoms with Crippen molar-refractivity contribution in [3.8, 4) is 5.75 Å². The van der Waals surface area contributed by atoms with Gasteiger partial charge >= 0.3 is 0 Å². The van der Waals surface area contributed by atoms with E-state index in [1.165, 1.54) is 5.56 Å². The molecule has 0 saturated heterocycles. The first kappa shape index (κ1) is 15.4. The monoisotopic (exact) mass is 303 g/mol. The van der Waals surface area contributed by atoms with Crippen LogP contribution in [0.1, 0.15) is 22.3 Å². The third-order valence-electron chi connectivity index (χ3n) is 3.19. The average Bonchev–Trinajstić information content (AvgIpc) is 2.52. The van der Waals surface area contributed by atoms with E-state index in [0.717, 1.165) is 18.6 Å². The Morgan fingerprint density at radius 1 is 1.10 bits per heavy atom. The molecule has 1 N–H and O–H groups in total. The van der Waals surface area contributed by atoms with Gasteiger partial charge in [-0.2, -0.15) is 0 Å². The third-order valence-corrected chi connectivity index (χ3v) is 3.45. The average molecular weight is 304 g/mol. The Labute approximate surface area is 129 Å². The van der Waals surface area contributed by atoms with Crippen LogP contribution in [0.15, 0.2) is 48.5 Å². The van der Waals surface area contributed by atoms with Crippen LogP contribution in [0.3, 0.4) is 0 Å². The van der Waals surface area contributed by atoms with Gasteiger partial charge in [-0.3, -0.25) is 4.79 Å². The maximum Gasteiger partial charge on any atom is 0.251 e. The van der Waals surface area contributed by atoms with Crippen molar-refractivity contribution >= 4 is 17.5 Å². The molecule has 21 heavy (non-hydrogen) atoms. The topological polar surface area (TPSA) is 38.3 Å². The van der Waals surface area contributed by atoms with E-state index in [0.29, 0.717) is 17.1 Å². The molecule has 2 rings (SSSR count). The number of carbonyl (C=O) groups is 1. The fraction of sp³-hybridized carbons (Fsp3) is 0.235. The van der Waals surface area contributed by atoms with Gasteiger partial charge in [-0.15, -0.1) is 0 Å². The second-order valence-corrected chi connectivity index (χ2v) is 5.15. The second-order valence-electron chi connectivity index (χ2n) is 4.71. The van der Waals surface area contributed by atoms with E-state index in [4.69, 9.17) is 16.3 Å². The van der Waals surface area contributed by atoms with Crippen LogP contribution >= 0.6 is 11.6 Å². The quantitative estimate of drug-likeness (QED) is 0.826. The molecule has 0 heterocycles. The van der Waals surface area contributed by atoms with Gasteiger partial charge in [0.15, 0.2) is 0 Å². The molecule has 1 amide bonds. The maximum atomic E-state index is 11.9. The minimum atomic E-state index is -0.0682. The molecule has 0 unspecified atom stereocenters. The molecule has 0 aromatic heterocycles. The molecule has 0 atom stereocenters. The van der Waals surface area contributed by atoms with E-state index in [2.05, 4.69) is 5.32 Å². The standard InChI is InChI=1S/C17H18ClNO2/c1-21-16-10-4-13(5-11-16)3-2-12-19-17(20)14-6-8-15(18)9-7-14/h4-11H,2-3,12H2,1H3,(H,19,20). The molecule has 0 bridgehead atoms. The molecular formula is C17H18ClNO2.